The van der Waals surface area contributed by atoms with Gasteiger partial charge in [-0.25, -0.2) is 9.79 Å². The van der Waals surface area contributed by atoms with E-state index in [1.54, 1.807) is 43.3 Å². The summed E-state index contributed by atoms with van der Waals surface area (Å²) < 4.78 is 18.4. The molecule has 4 aromatic rings. The summed E-state index contributed by atoms with van der Waals surface area (Å²) >= 11 is 7.55. The van der Waals surface area contributed by atoms with Crippen LogP contribution in [0.25, 0.3) is 6.08 Å². The average molecular weight is 586 g/mol. The lowest BCUT2D eigenvalue weighted by Gasteiger charge is -2.25. The highest BCUT2D eigenvalue weighted by Gasteiger charge is 2.35. The number of hydrogen-bond acceptors (Lipinski definition) is 8. The van der Waals surface area contributed by atoms with Crippen molar-refractivity contribution in [2.24, 2.45) is 4.99 Å². The number of ether oxygens (including phenoxy) is 3. The summed E-state index contributed by atoms with van der Waals surface area (Å²) in [5, 5.41) is 9.38. The smallest absolute Gasteiger partial charge is 0.338 e. The van der Waals surface area contributed by atoms with Crippen LogP contribution in [0, 0.1) is 11.3 Å². The molecule has 8 nitrogen and oxygen atoms in total. The molecule has 10 heteroatoms. The number of allylic oxidation sites excluding steroid dienone is 1. The Balaban J connectivity index is 1.51. The maximum Gasteiger partial charge on any atom is 0.338 e. The molecule has 5 rings (SSSR count). The Morgan fingerprint density at radius 3 is 2.51 bits per heavy atom. The van der Waals surface area contributed by atoms with Gasteiger partial charge < -0.3 is 14.2 Å². The van der Waals surface area contributed by atoms with E-state index >= 15 is 0 Å². The van der Waals surface area contributed by atoms with Gasteiger partial charge in [-0.05, 0) is 66.6 Å². The van der Waals surface area contributed by atoms with Crippen molar-refractivity contribution in [1.29, 1.82) is 5.26 Å². The van der Waals surface area contributed by atoms with Crippen LogP contribution in [-0.4, -0.2) is 24.8 Å². The van der Waals surface area contributed by atoms with E-state index in [0.717, 1.165) is 11.1 Å². The predicted molar refractivity (Wildman–Crippen MR) is 156 cm³/mol. The Labute approximate surface area is 244 Å². The van der Waals surface area contributed by atoms with Gasteiger partial charge in [-0.2, -0.15) is 5.26 Å². The number of fused-ring (bicyclic) bond motifs is 1. The molecule has 206 valence electrons. The molecule has 1 aliphatic heterocycles. The van der Waals surface area contributed by atoms with Gasteiger partial charge in [-0.1, -0.05) is 47.2 Å². The van der Waals surface area contributed by atoms with Crippen LogP contribution in [0.4, 0.5) is 0 Å². The Bertz CT molecular complexity index is 1880. The van der Waals surface area contributed by atoms with E-state index in [1.165, 1.54) is 30.1 Å². The zero-order valence-electron chi connectivity index (χ0n) is 22.4. The number of esters is 1. The fourth-order valence-corrected chi connectivity index (χ4v) is 5.79. The zero-order valence-corrected chi connectivity index (χ0v) is 24.0. The quantitative estimate of drug-likeness (QED) is 0.296. The maximum absolute atomic E-state index is 13.8. The zero-order chi connectivity index (χ0) is 29.1. The van der Waals surface area contributed by atoms with E-state index in [4.69, 9.17) is 31.1 Å². The first-order chi connectivity index (χ1) is 19.8. The van der Waals surface area contributed by atoms with Gasteiger partial charge in [0.1, 0.15) is 24.1 Å². The summed E-state index contributed by atoms with van der Waals surface area (Å²) in [6, 6.07) is 20.9. The summed E-state index contributed by atoms with van der Waals surface area (Å²) in [4.78, 5) is 31.7. The molecular formula is C31H24ClN3O5S. The SMILES string of the molecule is COC(=O)C1=C(C)N=c2s/c(=C\c3ccc(OCc4ccc(C#N)cc4)cc3)c(=O)n2[C@H]1c1cc(Cl)ccc1OC. The van der Waals surface area contributed by atoms with Crippen LogP contribution in [0.1, 0.15) is 35.2 Å². The normalized spacial score (nSPS) is 14.6. The molecule has 0 fully saturated rings. The van der Waals surface area contributed by atoms with Crippen molar-refractivity contribution >= 4 is 35.0 Å². The minimum absolute atomic E-state index is 0.232. The van der Waals surface area contributed by atoms with E-state index in [0.29, 0.717) is 49.3 Å². The molecule has 0 N–H and O–H groups in total. The minimum atomic E-state index is -0.840. The van der Waals surface area contributed by atoms with Crippen LogP contribution >= 0.6 is 22.9 Å². The van der Waals surface area contributed by atoms with E-state index in [1.807, 2.05) is 36.4 Å². The fraction of sp³-hybridized carbons (Fsp3) is 0.161. The van der Waals surface area contributed by atoms with Gasteiger partial charge in [0.15, 0.2) is 4.80 Å². The summed E-state index contributed by atoms with van der Waals surface area (Å²) in [6.45, 7) is 2.07. The molecule has 0 spiro atoms. The van der Waals surface area contributed by atoms with Crippen molar-refractivity contribution in [3.8, 4) is 17.6 Å². The number of carbonyl (C=O) groups is 1. The number of methoxy groups -OCH3 is 2. The lowest BCUT2D eigenvalue weighted by molar-refractivity contribution is -0.136. The Kier molecular flexibility index (Phi) is 8.06. The topological polar surface area (TPSA) is 103 Å². The average Bonchev–Trinajstić information content (AvgIpc) is 3.29. The highest BCUT2D eigenvalue weighted by Crippen LogP contribution is 2.37. The molecule has 0 amide bonds. The van der Waals surface area contributed by atoms with Crippen molar-refractivity contribution in [2.75, 3.05) is 14.2 Å². The second kappa shape index (κ2) is 11.8. The van der Waals surface area contributed by atoms with Crippen LogP contribution in [0.3, 0.4) is 0 Å². The molecule has 0 radical (unpaired) electrons. The second-order valence-corrected chi connectivity index (χ2v) is 10.6. The molecule has 0 saturated heterocycles. The Hall–Kier alpha value is -4.65. The van der Waals surface area contributed by atoms with Crippen molar-refractivity contribution in [3.05, 3.63) is 125 Å². The van der Waals surface area contributed by atoms with Crippen molar-refractivity contribution in [2.45, 2.75) is 19.6 Å². The van der Waals surface area contributed by atoms with E-state index in [2.05, 4.69) is 11.1 Å². The lowest BCUT2D eigenvalue weighted by Crippen LogP contribution is -2.40. The third kappa shape index (κ3) is 5.66. The Morgan fingerprint density at radius 1 is 1.12 bits per heavy atom. The Morgan fingerprint density at radius 2 is 1.85 bits per heavy atom. The number of nitrogens with zero attached hydrogens (tertiary/aromatic N) is 3. The first-order valence-electron chi connectivity index (χ1n) is 12.5. The third-order valence-electron chi connectivity index (χ3n) is 6.58. The second-order valence-electron chi connectivity index (χ2n) is 9.13. The molecule has 2 heterocycles. The standard InChI is InChI=1S/C31H24ClN3O5S/c1-18-27(30(37)39-3)28(24-15-22(32)10-13-25(24)38-2)35-29(36)26(41-31(35)34-18)14-19-8-11-23(12-9-19)40-17-21-6-4-20(16-33)5-7-21/h4-15,28H,17H2,1-3H3/b26-14-/t28-/m0/s1. The maximum atomic E-state index is 13.8. The third-order valence-corrected chi connectivity index (χ3v) is 7.80. The number of nitriles is 1. The monoisotopic (exact) mass is 585 g/mol. The largest absolute Gasteiger partial charge is 0.496 e. The molecule has 1 atom stereocenters. The summed E-state index contributed by atoms with van der Waals surface area (Å²) in [5.74, 6) is 0.546. The van der Waals surface area contributed by atoms with E-state index in [-0.39, 0.29) is 11.1 Å². The number of carbonyl (C=O) groups excluding carboxylic acids is 1. The van der Waals surface area contributed by atoms with Crippen LogP contribution in [0.2, 0.25) is 5.02 Å². The highest BCUT2D eigenvalue weighted by molar-refractivity contribution is 7.07. The molecule has 1 aliphatic rings. The van der Waals surface area contributed by atoms with Gasteiger partial charge >= 0.3 is 5.97 Å². The molecular weight excluding hydrogens is 562 g/mol. The summed E-state index contributed by atoms with van der Waals surface area (Å²) in [5.41, 5.74) is 3.25. The van der Waals surface area contributed by atoms with Crippen LogP contribution in [-0.2, 0) is 16.1 Å². The lowest BCUT2D eigenvalue weighted by atomic mass is 9.95. The van der Waals surface area contributed by atoms with Crippen molar-refractivity contribution in [3.63, 3.8) is 0 Å². The van der Waals surface area contributed by atoms with Crippen molar-refractivity contribution in [1.82, 2.24) is 4.57 Å². The van der Waals surface area contributed by atoms with E-state index in [9.17, 15) is 9.59 Å². The number of rotatable bonds is 7. The van der Waals surface area contributed by atoms with E-state index < -0.39 is 12.0 Å². The molecule has 0 bridgehead atoms. The molecule has 1 aromatic heterocycles. The van der Waals surface area contributed by atoms with Gasteiger partial charge in [0.25, 0.3) is 5.56 Å². The molecule has 0 aliphatic carbocycles. The molecule has 0 unspecified atom stereocenters. The van der Waals surface area contributed by atoms with Crippen molar-refractivity contribution < 1.29 is 19.0 Å². The number of halogens is 1. The summed E-state index contributed by atoms with van der Waals surface area (Å²) in [7, 11) is 2.81. The number of hydrogen-bond donors (Lipinski definition) is 0. The first-order valence-corrected chi connectivity index (χ1v) is 13.7. The summed E-state index contributed by atoms with van der Waals surface area (Å²) in [6.07, 6.45) is 1.78. The highest BCUT2D eigenvalue weighted by atomic mass is 35.5. The van der Waals surface area contributed by atoms with Gasteiger partial charge in [-0.15, -0.1) is 0 Å². The van der Waals surface area contributed by atoms with Gasteiger partial charge in [0.2, 0.25) is 0 Å². The predicted octanol–water partition coefficient (Wildman–Crippen LogP) is 4.52. The molecule has 41 heavy (non-hydrogen) atoms. The molecule has 0 saturated carbocycles. The molecule has 3 aromatic carbocycles. The van der Waals surface area contributed by atoms with Crippen LogP contribution in [0.5, 0.6) is 11.5 Å². The van der Waals surface area contributed by atoms with Crippen LogP contribution < -0.4 is 24.4 Å². The van der Waals surface area contributed by atoms with Gasteiger partial charge in [0.05, 0.1) is 41.7 Å². The number of thiazole rings is 1. The number of benzene rings is 3. The fourth-order valence-electron chi connectivity index (χ4n) is 4.56. The minimum Gasteiger partial charge on any atom is -0.496 e. The number of aromatic nitrogens is 1. The van der Waals surface area contributed by atoms with Gasteiger partial charge in [-0.3, -0.25) is 9.36 Å². The van der Waals surface area contributed by atoms with Gasteiger partial charge in [0, 0.05) is 10.6 Å². The first kappa shape index (κ1) is 27.9. The van der Waals surface area contributed by atoms with Crippen LogP contribution in [0.15, 0.2) is 87.8 Å².